The minimum absolute atomic E-state index is 0.397. The summed E-state index contributed by atoms with van der Waals surface area (Å²) in [5, 5.41) is 5.76. The van der Waals surface area contributed by atoms with Gasteiger partial charge in [0.25, 0.3) is 0 Å². The van der Waals surface area contributed by atoms with Crippen LogP contribution in [0.4, 0.5) is 0 Å². The average molecular weight is 273 g/mol. The van der Waals surface area contributed by atoms with Gasteiger partial charge < -0.3 is 10.2 Å². The average Bonchev–Trinajstić information content (AvgIpc) is 2.74. The van der Waals surface area contributed by atoms with E-state index in [1.807, 2.05) is 0 Å². The molecule has 0 aromatic carbocycles. The lowest BCUT2D eigenvalue weighted by atomic mass is 10.0. The first-order chi connectivity index (χ1) is 8.16. The van der Waals surface area contributed by atoms with Crippen LogP contribution >= 0.6 is 22.9 Å². The zero-order chi connectivity index (χ0) is 12.3. The van der Waals surface area contributed by atoms with Crippen LogP contribution in [-0.2, 0) is 0 Å². The third-order valence-corrected chi connectivity index (χ3v) is 4.78. The van der Waals surface area contributed by atoms with Gasteiger partial charge in [-0.1, -0.05) is 18.0 Å². The number of thiophene rings is 1. The lowest BCUT2D eigenvalue weighted by Gasteiger charge is -2.33. The molecular weight excluding hydrogens is 252 g/mol. The fraction of sp³-hybridized carbons (Fsp3) is 0.692. The summed E-state index contributed by atoms with van der Waals surface area (Å²) >= 11 is 7.57. The predicted octanol–water partition coefficient (Wildman–Crippen LogP) is 3.54. The molecule has 2 nitrogen and oxygen atoms in total. The minimum Gasteiger partial charge on any atom is -0.309 e. The smallest absolute Gasteiger partial charge is 0.0931 e. The molecule has 2 rings (SSSR count). The summed E-state index contributed by atoms with van der Waals surface area (Å²) in [6.45, 7) is 4.53. The molecule has 0 saturated carbocycles. The highest BCUT2D eigenvalue weighted by Gasteiger charge is 2.19. The molecule has 17 heavy (non-hydrogen) atoms. The molecule has 0 bridgehead atoms. The van der Waals surface area contributed by atoms with Crippen LogP contribution in [0.2, 0.25) is 4.34 Å². The van der Waals surface area contributed by atoms with Crippen LogP contribution in [0, 0.1) is 0 Å². The Morgan fingerprint density at radius 3 is 3.06 bits per heavy atom. The third kappa shape index (κ3) is 3.68. The van der Waals surface area contributed by atoms with Gasteiger partial charge in [0.05, 0.1) is 4.34 Å². The second-order valence-corrected chi connectivity index (χ2v) is 6.49. The number of nitrogens with zero attached hydrogens (tertiary/aromatic N) is 1. The molecule has 1 aliphatic heterocycles. The molecule has 0 radical (unpaired) electrons. The van der Waals surface area contributed by atoms with Gasteiger partial charge in [0, 0.05) is 18.6 Å². The Morgan fingerprint density at radius 1 is 1.59 bits per heavy atom. The number of rotatable bonds is 4. The number of likely N-dealkylation sites (tertiary alicyclic amines) is 1. The highest BCUT2D eigenvalue weighted by molar-refractivity contribution is 7.14. The topological polar surface area (TPSA) is 15.3 Å². The minimum atomic E-state index is 0.397. The fourth-order valence-electron chi connectivity index (χ4n) is 2.38. The van der Waals surface area contributed by atoms with Crippen LogP contribution < -0.4 is 5.32 Å². The first kappa shape index (κ1) is 13.3. The molecule has 4 heteroatoms. The maximum Gasteiger partial charge on any atom is 0.0931 e. The lowest BCUT2D eigenvalue weighted by molar-refractivity contribution is 0.178. The van der Waals surface area contributed by atoms with Gasteiger partial charge in [0.15, 0.2) is 0 Å². The molecule has 1 fully saturated rings. The van der Waals surface area contributed by atoms with E-state index < -0.39 is 0 Å². The summed E-state index contributed by atoms with van der Waals surface area (Å²) in [4.78, 5) is 2.48. The standard InChI is InChI=1S/C13H21ClN2S/c1-10(11-7-13(14)17-9-11)15-8-12-5-3-4-6-16(12)2/h7,9-10,12,15H,3-6,8H2,1-2H3. The van der Waals surface area contributed by atoms with Crippen LogP contribution in [-0.4, -0.2) is 31.1 Å². The molecule has 1 N–H and O–H groups in total. The van der Waals surface area contributed by atoms with E-state index in [2.05, 4.69) is 35.6 Å². The van der Waals surface area contributed by atoms with Gasteiger partial charge in [-0.2, -0.15) is 0 Å². The van der Waals surface area contributed by atoms with Crippen molar-refractivity contribution in [2.75, 3.05) is 20.1 Å². The maximum atomic E-state index is 5.96. The Morgan fingerprint density at radius 2 is 2.41 bits per heavy atom. The summed E-state index contributed by atoms with van der Waals surface area (Å²) in [7, 11) is 2.23. The van der Waals surface area contributed by atoms with Crippen molar-refractivity contribution in [3.05, 3.63) is 21.3 Å². The van der Waals surface area contributed by atoms with Crippen molar-refractivity contribution in [3.63, 3.8) is 0 Å². The van der Waals surface area contributed by atoms with Crippen molar-refractivity contribution in [2.24, 2.45) is 0 Å². The van der Waals surface area contributed by atoms with Crippen molar-refractivity contribution in [2.45, 2.75) is 38.3 Å². The number of hydrogen-bond donors (Lipinski definition) is 1. The summed E-state index contributed by atoms with van der Waals surface area (Å²) in [6, 6.07) is 3.16. The number of piperidine rings is 1. The largest absolute Gasteiger partial charge is 0.309 e. The molecule has 96 valence electrons. The predicted molar refractivity (Wildman–Crippen MR) is 76.0 cm³/mol. The van der Waals surface area contributed by atoms with Gasteiger partial charge >= 0.3 is 0 Å². The normalized spacial score (nSPS) is 23.8. The molecule has 1 aliphatic rings. The van der Waals surface area contributed by atoms with E-state index in [1.54, 1.807) is 11.3 Å². The Kier molecular flexibility index (Phi) is 4.86. The van der Waals surface area contributed by atoms with Crippen molar-refractivity contribution < 1.29 is 0 Å². The van der Waals surface area contributed by atoms with Gasteiger partial charge in [-0.3, -0.25) is 0 Å². The Labute approximate surface area is 113 Å². The Balaban J connectivity index is 1.81. The molecule has 2 heterocycles. The molecule has 1 aromatic rings. The number of hydrogen-bond acceptors (Lipinski definition) is 3. The molecule has 0 spiro atoms. The molecule has 1 aromatic heterocycles. The van der Waals surface area contributed by atoms with Crippen LogP contribution in [0.1, 0.15) is 37.8 Å². The first-order valence-electron chi connectivity index (χ1n) is 6.34. The quantitative estimate of drug-likeness (QED) is 0.902. The van der Waals surface area contributed by atoms with E-state index in [4.69, 9.17) is 11.6 Å². The third-order valence-electron chi connectivity index (χ3n) is 3.67. The van der Waals surface area contributed by atoms with E-state index in [9.17, 15) is 0 Å². The fourth-order valence-corrected chi connectivity index (χ4v) is 3.37. The Hall–Kier alpha value is -0.0900. The van der Waals surface area contributed by atoms with Crippen molar-refractivity contribution >= 4 is 22.9 Å². The first-order valence-corrected chi connectivity index (χ1v) is 7.60. The molecule has 0 amide bonds. The van der Waals surface area contributed by atoms with Crippen molar-refractivity contribution in [3.8, 4) is 0 Å². The molecular formula is C13H21ClN2S. The number of nitrogens with one attached hydrogen (secondary N) is 1. The molecule has 0 aliphatic carbocycles. The summed E-state index contributed by atoms with van der Waals surface area (Å²) in [5.74, 6) is 0. The van der Waals surface area contributed by atoms with Gasteiger partial charge in [-0.25, -0.2) is 0 Å². The second-order valence-electron chi connectivity index (χ2n) is 4.94. The molecule has 1 saturated heterocycles. The molecule has 2 unspecified atom stereocenters. The van der Waals surface area contributed by atoms with Gasteiger partial charge in [-0.15, -0.1) is 11.3 Å². The van der Waals surface area contributed by atoms with Gasteiger partial charge in [-0.05, 0) is 50.4 Å². The summed E-state index contributed by atoms with van der Waals surface area (Å²) in [5.41, 5.74) is 1.30. The van der Waals surface area contributed by atoms with E-state index in [-0.39, 0.29) is 0 Å². The summed E-state index contributed by atoms with van der Waals surface area (Å²) in [6.07, 6.45) is 4.04. The molecule has 2 atom stereocenters. The zero-order valence-electron chi connectivity index (χ0n) is 10.6. The summed E-state index contributed by atoms with van der Waals surface area (Å²) < 4.78 is 0.878. The SMILES string of the molecule is CC(NCC1CCCCN1C)c1csc(Cl)c1. The van der Waals surface area contributed by atoms with Crippen LogP contribution in [0.15, 0.2) is 11.4 Å². The lowest BCUT2D eigenvalue weighted by Crippen LogP contribution is -2.43. The van der Waals surface area contributed by atoms with Crippen LogP contribution in [0.5, 0.6) is 0 Å². The maximum absolute atomic E-state index is 5.96. The zero-order valence-corrected chi connectivity index (χ0v) is 12.2. The van der Waals surface area contributed by atoms with Crippen LogP contribution in [0.3, 0.4) is 0 Å². The number of likely N-dealkylation sites (N-methyl/N-ethyl adjacent to an activating group) is 1. The van der Waals surface area contributed by atoms with E-state index in [1.165, 1.54) is 31.4 Å². The number of halogens is 1. The van der Waals surface area contributed by atoms with Crippen molar-refractivity contribution in [1.82, 2.24) is 10.2 Å². The van der Waals surface area contributed by atoms with Crippen LogP contribution in [0.25, 0.3) is 0 Å². The monoisotopic (exact) mass is 272 g/mol. The highest BCUT2D eigenvalue weighted by Crippen LogP contribution is 2.25. The van der Waals surface area contributed by atoms with Gasteiger partial charge in [0.1, 0.15) is 0 Å². The highest BCUT2D eigenvalue weighted by atomic mass is 35.5. The van der Waals surface area contributed by atoms with E-state index in [0.717, 1.165) is 10.9 Å². The van der Waals surface area contributed by atoms with E-state index in [0.29, 0.717) is 12.1 Å². The van der Waals surface area contributed by atoms with Crippen molar-refractivity contribution in [1.29, 1.82) is 0 Å². The van der Waals surface area contributed by atoms with Gasteiger partial charge in [0.2, 0.25) is 0 Å². The second kappa shape index (κ2) is 6.19. The van der Waals surface area contributed by atoms with E-state index >= 15 is 0 Å². The Bertz CT molecular complexity index is 353.